The van der Waals surface area contributed by atoms with Crippen molar-refractivity contribution in [3.63, 3.8) is 0 Å². The molecule has 27 heavy (non-hydrogen) atoms. The van der Waals surface area contributed by atoms with Gasteiger partial charge in [-0.25, -0.2) is 0 Å². The molecule has 0 radical (unpaired) electrons. The molecule has 5 nitrogen and oxygen atoms in total. The Hall–Kier alpha value is -0.200. The topological polar surface area (TPSA) is 73.2 Å². The van der Waals surface area contributed by atoms with Crippen LogP contribution in [-0.2, 0) is 4.74 Å². The SMILES string of the molecule is CCN1C[C@]2(C)CC[C@H](O)[C@@]34[C@@H]5C[C@@H]6[C@@H](O)[C@H]5[C@](O)(C[C@@H]6OC)[C@@H](C[C@@H]23)[C@H]14. The van der Waals surface area contributed by atoms with Gasteiger partial charge in [-0.2, -0.15) is 0 Å². The Balaban J connectivity index is 1.59. The molecule has 1 aliphatic heterocycles. The van der Waals surface area contributed by atoms with Crippen LogP contribution in [0.1, 0.15) is 46.0 Å². The molecule has 0 unspecified atom stereocenters. The summed E-state index contributed by atoms with van der Waals surface area (Å²) in [6, 6.07) is 0.253. The van der Waals surface area contributed by atoms with E-state index in [9.17, 15) is 15.3 Å². The fourth-order valence-electron chi connectivity index (χ4n) is 10.1. The van der Waals surface area contributed by atoms with Gasteiger partial charge in [0.05, 0.1) is 23.9 Å². The van der Waals surface area contributed by atoms with E-state index < -0.39 is 11.7 Å². The zero-order valence-electron chi connectivity index (χ0n) is 16.8. The quantitative estimate of drug-likeness (QED) is 0.676. The van der Waals surface area contributed by atoms with Crippen molar-refractivity contribution in [2.75, 3.05) is 20.2 Å². The van der Waals surface area contributed by atoms with E-state index >= 15 is 0 Å². The maximum atomic E-state index is 12.1. The van der Waals surface area contributed by atoms with E-state index in [0.29, 0.717) is 12.3 Å². The van der Waals surface area contributed by atoms with Crippen molar-refractivity contribution in [1.82, 2.24) is 4.90 Å². The third-order valence-electron chi connectivity index (χ3n) is 10.7. The Bertz CT molecular complexity index is 673. The van der Waals surface area contributed by atoms with Crippen LogP contribution in [0.25, 0.3) is 0 Å². The van der Waals surface area contributed by atoms with Gasteiger partial charge in [0.1, 0.15) is 0 Å². The second kappa shape index (κ2) is 5.10. The van der Waals surface area contributed by atoms with Crippen LogP contribution in [-0.4, -0.2) is 70.4 Å². The first-order chi connectivity index (χ1) is 12.8. The molecule has 0 aromatic carbocycles. The molecular formula is C22H35NO4. The number of aliphatic hydroxyl groups is 3. The fraction of sp³-hybridized carbons (Fsp3) is 1.00. The number of nitrogens with zero attached hydrogens (tertiary/aromatic N) is 1. The standard InChI is InChI=1S/C22H35NO4/c1-4-23-10-20(2)6-5-16(24)22-12-7-11-14(27-3)9-21(26,17(12)18(11)25)13(19(22)23)8-15(20)22/h11-19,24-26H,4-10H2,1-3H3/t11-,12+,13-,14-,15-,16-,17-,18+,19-,20-,21-,22+/m0/s1. The van der Waals surface area contributed by atoms with Crippen LogP contribution in [0.4, 0.5) is 0 Å². The second-order valence-electron chi connectivity index (χ2n) is 11.1. The zero-order chi connectivity index (χ0) is 18.9. The summed E-state index contributed by atoms with van der Waals surface area (Å²) < 4.78 is 5.79. The number of rotatable bonds is 2. The zero-order valence-corrected chi connectivity index (χ0v) is 16.8. The molecule has 5 aliphatic carbocycles. The average molecular weight is 378 g/mol. The van der Waals surface area contributed by atoms with Crippen molar-refractivity contribution < 1.29 is 20.1 Å². The van der Waals surface area contributed by atoms with Crippen LogP contribution in [0.2, 0.25) is 0 Å². The van der Waals surface area contributed by atoms with Crippen LogP contribution in [0.5, 0.6) is 0 Å². The molecule has 1 heterocycles. The van der Waals surface area contributed by atoms with Gasteiger partial charge >= 0.3 is 0 Å². The minimum absolute atomic E-state index is 0.0657. The molecule has 12 atom stereocenters. The summed E-state index contributed by atoms with van der Waals surface area (Å²) in [6.07, 6.45) is 3.66. The van der Waals surface area contributed by atoms with E-state index in [1.54, 1.807) is 7.11 Å². The highest BCUT2D eigenvalue weighted by Crippen LogP contribution is 2.78. The summed E-state index contributed by atoms with van der Waals surface area (Å²) in [5.74, 6) is 0.840. The number of piperidine rings is 1. The van der Waals surface area contributed by atoms with E-state index in [4.69, 9.17) is 4.74 Å². The lowest BCUT2D eigenvalue weighted by atomic mass is 9.43. The van der Waals surface area contributed by atoms with Gasteiger partial charge in [0.15, 0.2) is 0 Å². The Morgan fingerprint density at radius 1 is 1.19 bits per heavy atom. The molecule has 7 bridgehead atoms. The lowest BCUT2D eigenvalue weighted by Gasteiger charge is -2.68. The van der Waals surface area contributed by atoms with Gasteiger partial charge in [-0.15, -0.1) is 0 Å². The maximum Gasteiger partial charge on any atom is 0.0771 e. The van der Waals surface area contributed by atoms with Crippen molar-refractivity contribution in [2.45, 2.75) is 75.9 Å². The minimum Gasteiger partial charge on any atom is -0.392 e. The Labute approximate surface area is 162 Å². The largest absolute Gasteiger partial charge is 0.392 e. The average Bonchev–Trinajstić information content (AvgIpc) is 3.07. The predicted molar refractivity (Wildman–Crippen MR) is 99.9 cm³/mol. The van der Waals surface area contributed by atoms with Crippen molar-refractivity contribution in [3.8, 4) is 0 Å². The minimum atomic E-state index is -0.858. The van der Waals surface area contributed by atoms with Crippen LogP contribution in [0.15, 0.2) is 0 Å². The molecule has 0 aromatic heterocycles. The van der Waals surface area contributed by atoms with E-state index in [1.165, 1.54) is 0 Å². The number of ether oxygens (including phenoxy) is 1. The lowest BCUT2D eigenvalue weighted by Crippen LogP contribution is -2.75. The smallest absolute Gasteiger partial charge is 0.0771 e. The van der Waals surface area contributed by atoms with Crippen molar-refractivity contribution in [2.24, 2.45) is 40.4 Å². The van der Waals surface area contributed by atoms with E-state index in [1.807, 2.05) is 0 Å². The van der Waals surface area contributed by atoms with Crippen LogP contribution in [0.3, 0.4) is 0 Å². The maximum absolute atomic E-state index is 12.1. The first-order valence-corrected chi connectivity index (χ1v) is 11.2. The van der Waals surface area contributed by atoms with Gasteiger partial charge in [0.2, 0.25) is 0 Å². The second-order valence-corrected chi connectivity index (χ2v) is 11.1. The summed E-state index contributed by atoms with van der Waals surface area (Å²) in [5, 5.41) is 34.9. The molecule has 5 heteroatoms. The van der Waals surface area contributed by atoms with Crippen molar-refractivity contribution in [3.05, 3.63) is 0 Å². The van der Waals surface area contributed by atoms with Gasteiger partial charge in [-0.3, -0.25) is 4.90 Å². The van der Waals surface area contributed by atoms with Crippen molar-refractivity contribution in [1.29, 1.82) is 0 Å². The van der Waals surface area contributed by atoms with Gasteiger partial charge in [0.25, 0.3) is 0 Å². The van der Waals surface area contributed by atoms with E-state index in [-0.39, 0.29) is 52.8 Å². The molecule has 152 valence electrons. The normalized spacial score (nSPS) is 66.2. The number of hydrogen-bond donors (Lipinski definition) is 3. The lowest BCUT2D eigenvalue weighted by molar-refractivity contribution is -0.266. The third-order valence-corrected chi connectivity index (χ3v) is 10.7. The monoisotopic (exact) mass is 377 g/mol. The third kappa shape index (κ3) is 1.66. The molecule has 3 N–H and O–H groups in total. The first-order valence-electron chi connectivity index (χ1n) is 11.2. The van der Waals surface area contributed by atoms with Gasteiger partial charge in [0, 0.05) is 49.3 Å². The number of hydrogen-bond acceptors (Lipinski definition) is 5. The fourth-order valence-corrected chi connectivity index (χ4v) is 10.1. The number of fused-ring (bicyclic) bond motifs is 2. The number of likely N-dealkylation sites (tertiary alicyclic amines) is 1. The molecular weight excluding hydrogens is 342 g/mol. The highest BCUT2D eigenvalue weighted by Gasteiger charge is 2.82. The van der Waals surface area contributed by atoms with Gasteiger partial charge in [-0.1, -0.05) is 13.8 Å². The molecule has 1 spiro atoms. The van der Waals surface area contributed by atoms with Crippen molar-refractivity contribution >= 4 is 0 Å². The number of methoxy groups -OCH3 is 1. The highest BCUT2D eigenvalue weighted by atomic mass is 16.5. The molecule has 6 rings (SSSR count). The Morgan fingerprint density at radius 3 is 2.67 bits per heavy atom. The number of aliphatic hydroxyl groups excluding tert-OH is 2. The summed E-state index contributed by atoms with van der Waals surface area (Å²) in [7, 11) is 1.73. The van der Waals surface area contributed by atoms with Gasteiger partial charge < -0.3 is 20.1 Å². The van der Waals surface area contributed by atoms with E-state index in [2.05, 4.69) is 18.7 Å². The molecule has 5 saturated carbocycles. The van der Waals surface area contributed by atoms with Crippen LogP contribution >= 0.6 is 0 Å². The van der Waals surface area contributed by atoms with E-state index in [0.717, 1.165) is 38.8 Å². The summed E-state index contributed by atoms with van der Waals surface area (Å²) in [4.78, 5) is 2.60. The highest BCUT2D eigenvalue weighted by molar-refractivity contribution is 5.32. The summed E-state index contributed by atoms with van der Waals surface area (Å²) in [6.45, 7) is 6.74. The first kappa shape index (κ1) is 17.6. The Kier molecular flexibility index (Phi) is 3.33. The van der Waals surface area contributed by atoms with Gasteiger partial charge in [-0.05, 0) is 49.5 Å². The Morgan fingerprint density at radius 2 is 1.96 bits per heavy atom. The molecule has 0 amide bonds. The summed E-state index contributed by atoms with van der Waals surface area (Å²) >= 11 is 0. The predicted octanol–water partition coefficient (Wildman–Crippen LogP) is 1.25. The molecule has 0 aromatic rings. The summed E-state index contributed by atoms with van der Waals surface area (Å²) in [5.41, 5.74) is -0.788. The molecule has 6 aliphatic rings. The van der Waals surface area contributed by atoms with Crippen LogP contribution < -0.4 is 0 Å². The van der Waals surface area contributed by atoms with Crippen LogP contribution in [0, 0.1) is 40.4 Å². The molecule has 6 fully saturated rings. The molecule has 1 saturated heterocycles.